The van der Waals surface area contributed by atoms with E-state index in [-0.39, 0.29) is 6.10 Å². The van der Waals surface area contributed by atoms with E-state index < -0.39 is 0 Å². The molecular formula is C18H33NO. The molecule has 1 aliphatic carbocycles. The molecular weight excluding hydrogens is 246 g/mol. The molecule has 116 valence electrons. The van der Waals surface area contributed by atoms with Gasteiger partial charge in [-0.3, -0.25) is 0 Å². The molecule has 0 saturated heterocycles. The summed E-state index contributed by atoms with van der Waals surface area (Å²) in [6.45, 7) is 12.9. The van der Waals surface area contributed by atoms with Crippen molar-refractivity contribution in [3.8, 4) is 0 Å². The predicted molar refractivity (Wildman–Crippen MR) is 87.5 cm³/mol. The van der Waals surface area contributed by atoms with Crippen molar-refractivity contribution in [2.45, 2.75) is 64.9 Å². The summed E-state index contributed by atoms with van der Waals surface area (Å²) in [7, 11) is 0. The fourth-order valence-corrected chi connectivity index (χ4v) is 3.27. The van der Waals surface area contributed by atoms with Crippen LogP contribution in [-0.4, -0.2) is 17.8 Å². The van der Waals surface area contributed by atoms with Crippen molar-refractivity contribution >= 4 is 0 Å². The van der Waals surface area contributed by atoms with Gasteiger partial charge >= 0.3 is 0 Å². The SMILES string of the molecule is C=C(C)CCCC(=C)CC(C(C)O)C(CCN)C1CC1. The zero-order valence-corrected chi connectivity index (χ0v) is 13.4. The van der Waals surface area contributed by atoms with Crippen molar-refractivity contribution in [1.82, 2.24) is 0 Å². The topological polar surface area (TPSA) is 46.2 Å². The zero-order valence-electron chi connectivity index (χ0n) is 13.4. The van der Waals surface area contributed by atoms with Gasteiger partial charge in [-0.15, -0.1) is 6.58 Å². The van der Waals surface area contributed by atoms with Gasteiger partial charge in [0.2, 0.25) is 0 Å². The molecule has 1 fully saturated rings. The van der Waals surface area contributed by atoms with Crippen LogP contribution in [0.15, 0.2) is 24.3 Å². The largest absolute Gasteiger partial charge is 0.393 e. The first-order valence-electron chi connectivity index (χ1n) is 8.14. The molecule has 2 heteroatoms. The summed E-state index contributed by atoms with van der Waals surface area (Å²) in [6.07, 6.45) is 7.63. The van der Waals surface area contributed by atoms with Gasteiger partial charge in [-0.2, -0.15) is 0 Å². The van der Waals surface area contributed by atoms with Crippen LogP contribution in [0.5, 0.6) is 0 Å². The lowest BCUT2D eigenvalue weighted by molar-refractivity contribution is 0.0757. The number of hydrogen-bond donors (Lipinski definition) is 2. The Morgan fingerprint density at radius 1 is 1.30 bits per heavy atom. The smallest absolute Gasteiger partial charge is 0.0546 e. The van der Waals surface area contributed by atoms with Crippen molar-refractivity contribution < 1.29 is 5.11 Å². The van der Waals surface area contributed by atoms with Gasteiger partial charge in [0.05, 0.1) is 6.10 Å². The average Bonchev–Trinajstić information content (AvgIpc) is 3.17. The van der Waals surface area contributed by atoms with Gasteiger partial charge < -0.3 is 10.8 Å². The Balaban J connectivity index is 2.48. The van der Waals surface area contributed by atoms with E-state index in [1.807, 2.05) is 6.92 Å². The molecule has 0 heterocycles. The third-order valence-corrected chi connectivity index (χ3v) is 4.56. The summed E-state index contributed by atoms with van der Waals surface area (Å²) in [5.74, 6) is 1.71. The van der Waals surface area contributed by atoms with Crippen LogP contribution in [0.1, 0.15) is 58.8 Å². The third-order valence-electron chi connectivity index (χ3n) is 4.56. The Kier molecular flexibility index (Phi) is 7.53. The lowest BCUT2D eigenvalue weighted by atomic mass is 9.78. The number of rotatable bonds is 11. The Labute approximate surface area is 125 Å². The fraction of sp³-hybridized carbons (Fsp3) is 0.778. The van der Waals surface area contributed by atoms with Crippen LogP contribution in [-0.2, 0) is 0 Å². The minimum Gasteiger partial charge on any atom is -0.393 e. The van der Waals surface area contributed by atoms with Gasteiger partial charge in [0, 0.05) is 0 Å². The highest BCUT2D eigenvalue weighted by Gasteiger charge is 2.37. The van der Waals surface area contributed by atoms with Crippen molar-refractivity contribution in [2.24, 2.45) is 23.5 Å². The highest BCUT2D eigenvalue weighted by Crippen LogP contribution is 2.45. The van der Waals surface area contributed by atoms with Crippen molar-refractivity contribution in [1.29, 1.82) is 0 Å². The van der Waals surface area contributed by atoms with E-state index in [4.69, 9.17) is 5.73 Å². The fourth-order valence-electron chi connectivity index (χ4n) is 3.27. The minimum absolute atomic E-state index is 0.259. The summed E-state index contributed by atoms with van der Waals surface area (Å²) < 4.78 is 0. The molecule has 3 N–H and O–H groups in total. The van der Waals surface area contributed by atoms with Gasteiger partial charge in [-0.05, 0) is 83.1 Å². The van der Waals surface area contributed by atoms with Gasteiger partial charge in [-0.1, -0.05) is 17.7 Å². The van der Waals surface area contributed by atoms with E-state index in [0.717, 1.165) is 44.6 Å². The lowest BCUT2D eigenvalue weighted by Gasteiger charge is -2.30. The summed E-state index contributed by atoms with van der Waals surface area (Å²) in [5.41, 5.74) is 8.28. The predicted octanol–water partition coefficient (Wildman–Crippen LogP) is 4.05. The second-order valence-electron chi connectivity index (χ2n) is 6.75. The number of aliphatic hydroxyl groups is 1. The molecule has 0 spiro atoms. The molecule has 0 aromatic heterocycles. The molecule has 0 amide bonds. The highest BCUT2D eigenvalue weighted by atomic mass is 16.3. The Morgan fingerprint density at radius 2 is 1.95 bits per heavy atom. The molecule has 2 nitrogen and oxygen atoms in total. The van der Waals surface area contributed by atoms with E-state index in [1.54, 1.807) is 0 Å². The second kappa shape index (κ2) is 8.63. The number of aliphatic hydroxyl groups excluding tert-OH is 1. The minimum atomic E-state index is -0.259. The van der Waals surface area contributed by atoms with Crippen LogP contribution < -0.4 is 5.73 Å². The molecule has 3 unspecified atom stereocenters. The molecule has 1 aliphatic rings. The van der Waals surface area contributed by atoms with Crippen molar-refractivity contribution in [3.05, 3.63) is 24.3 Å². The molecule has 0 aliphatic heterocycles. The van der Waals surface area contributed by atoms with Gasteiger partial charge in [0.25, 0.3) is 0 Å². The number of allylic oxidation sites excluding steroid dienone is 2. The van der Waals surface area contributed by atoms with E-state index in [1.165, 1.54) is 24.0 Å². The molecule has 20 heavy (non-hydrogen) atoms. The standard InChI is InChI=1S/C18H33NO/c1-13(2)6-5-7-14(3)12-18(15(4)20)17(10-11-19)16-8-9-16/h15-18,20H,1,3,5-12,19H2,2,4H3. The molecule has 1 rings (SSSR count). The van der Waals surface area contributed by atoms with Crippen LogP contribution in [0.3, 0.4) is 0 Å². The van der Waals surface area contributed by atoms with E-state index in [9.17, 15) is 5.11 Å². The van der Waals surface area contributed by atoms with Crippen LogP contribution in [0.4, 0.5) is 0 Å². The monoisotopic (exact) mass is 279 g/mol. The molecule has 0 aromatic carbocycles. The summed E-state index contributed by atoms with van der Waals surface area (Å²) in [5, 5.41) is 10.2. The molecule has 3 atom stereocenters. The number of nitrogens with two attached hydrogens (primary N) is 1. The Morgan fingerprint density at radius 3 is 2.40 bits per heavy atom. The first-order chi connectivity index (χ1) is 9.45. The maximum Gasteiger partial charge on any atom is 0.0546 e. The Hall–Kier alpha value is -0.600. The third kappa shape index (κ3) is 6.23. The second-order valence-corrected chi connectivity index (χ2v) is 6.75. The lowest BCUT2D eigenvalue weighted by Crippen LogP contribution is -2.29. The average molecular weight is 279 g/mol. The van der Waals surface area contributed by atoms with E-state index in [2.05, 4.69) is 20.1 Å². The van der Waals surface area contributed by atoms with Crippen LogP contribution in [0, 0.1) is 17.8 Å². The van der Waals surface area contributed by atoms with Crippen molar-refractivity contribution in [3.63, 3.8) is 0 Å². The van der Waals surface area contributed by atoms with Crippen LogP contribution in [0.2, 0.25) is 0 Å². The molecule has 0 radical (unpaired) electrons. The maximum atomic E-state index is 10.2. The van der Waals surface area contributed by atoms with Crippen molar-refractivity contribution in [2.75, 3.05) is 6.54 Å². The molecule has 1 saturated carbocycles. The first kappa shape index (κ1) is 17.5. The quantitative estimate of drug-likeness (QED) is 0.560. The molecule has 0 aromatic rings. The zero-order chi connectivity index (χ0) is 15.1. The normalized spacial score (nSPS) is 19.4. The maximum absolute atomic E-state index is 10.2. The molecule has 0 bridgehead atoms. The number of hydrogen-bond acceptors (Lipinski definition) is 2. The van der Waals surface area contributed by atoms with E-state index in [0.29, 0.717) is 11.8 Å². The van der Waals surface area contributed by atoms with Gasteiger partial charge in [0.1, 0.15) is 0 Å². The first-order valence-corrected chi connectivity index (χ1v) is 8.14. The van der Waals surface area contributed by atoms with Gasteiger partial charge in [-0.25, -0.2) is 0 Å². The summed E-state index contributed by atoms with van der Waals surface area (Å²) >= 11 is 0. The van der Waals surface area contributed by atoms with E-state index >= 15 is 0 Å². The van der Waals surface area contributed by atoms with Crippen LogP contribution >= 0.6 is 0 Å². The summed E-state index contributed by atoms with van der Waals surface area (Å²) in [6, 6.07) is 0. The Bertz CT molecular complexity index is 317. The van der Waals surface area contributed by atoms with Gasteiger partial charge in [0.15, 0.2) is 0 Å². The van der Waals surface area contributed by atoms with Crippen LogP contribution in [0.25, 0.3) is 0 Å². The highest BCUT2D eigenvalue weighted by molar-refractivity contribution is 5.01. The summed E-state index contributed by atoms with van der Waals surface area (Å²) in [4.78, 5) is 0.